The summed E-state index contributed by atoms with van der Waals surface area (Å²) in [4.78, 5) is 16.8. The van der Waals surface area contributed by atoms with Gasteiger partial charge < -0.3 is 10.0 Å². The average Bonchev–Trinajstić information content (AvgIpc) is 2.40. The number of pyridine rings is 1. The van der Waals surface area contributed by atoms with Gasteiger partial charge in [-0.2, -0.15) is 0 Å². The lowest BCUT2D eigenvalue weighted by Crippen LogP contribution is -2.18. The van der Waals surface area contributed by atoms with Gasteiger partial charge >= 0.3 is 5.97 Å². The quantitative estimate of drug-likeness (QED) is 0.917. The van der Waals surface area contributed by atoms with Crippen molar-refractivity contribution in [3.8, 4) is 0 Å². The number of aromatic carboxylic acids is 1. The Kier molecular flexibility index (Phi) is 3.75. The largest absolute Gasteiger partial charge is 0.478 e. The van der Waals surface area contributed by atoms with Crippen LogP contribution >= 0.6 is 0 Å². The number of halogens is 1. The van der Waals surface area contributed by atoms with E-state index < -0.39 is 5.97 Å². The van der Waals surface area contributed by atoms with E-state index in [1.54, 1.807) is 17.0 Å². The topological polar surface area (TPSA) is 53.4 Å². The Morgan fingerprint density at radius 1 is 1.37 bits per heavy atom. The Morgan fingerprint density at radius 3 is 2.79 bits per heavy atom. The zero-order valence-electron chi connectivity index (χ0n) is 10.4. The van der Waals surface area contributed by atoms with Crippen molar-refractivity contribution in [2.75, 3.05) is 11.4 Å². The van der Waals surface area contributed by atoms with Gasteiger partial charge in [-0.3, -0.25) is 0 Å². The minimum Gasteiger partial charge on any atom is -0.478 e. The summed E-state index contributed by atoms with van der Waals surface area (Å²) in [5, 5.41) is 8.97. The smallest absolute Gasteiger partial charge is 0.335 e. The van der Waals surface area contributed by atoms with Crippen LogP contribution < -0.4 is 4.90 Å². The zero-order chi connectivity index (χ0) is 13.8. The molecular formula is C14H13FN2O2. The maximum Gasteiger partial charge on any atom is 0.335 e. The third-order valence-corrected chi connectivity index (χ3v) is 2.71. The number of hydrogen-bond acceptors (Lipinski definition) is 3. The van der Waals surface area contributed by atoms with Crippen LogP contribution in [0.1, 0.15) is 17.3 Å². The summed E-state index contributed by atoms with van der Waals surface area (Å²) in [5.41, 5.74) is 0.789. The molecule has 98 valence electrons. The SMILES string of the molecule is CCN(c1cccc(F)c1)c1cc(C(=O)O)ccn1. The highest BCUT2D eigenvalue weighted by atomic mass is 19.1. The molecule has 0 spiro atoms. The van der Waals surface area contributed by atoms with Crippen molar-refractivity contribution < 1.29 is 14.3 Å². The molecule has 0 radical (unpaired) electrons. The van der Waals surface area contributed by atoms with E-state index in [0.29, 0.717) is 18.1 Å². The van der Waals surface area contributed by atoms with Crippen LogP contribution in [0.5, 0.6) is 0 Å². The highest BCUT2D eigenvalue weighted by molar-refractivity contribution is 5.88. The van der Waals surface area contributed by atoms with Crippen molar-refractivity contribution in [1.29, 1.82) is 0 Å². The normalized spacial score (nSPS) is 10.2. The number of aromatic nitrogens is 1. The summed E-state index contributed by atoms with van der Waals surface area (Å²) >= 11 is 0. The molecule has 0 fully saturated rings. The second-order valence-corrected chi connectivity index (χ2v) is 3.93. The number of carbonyl (C=O) groups is 1. The number of hydrogen-bond donors (Lipinski definition) is 1. The highest BCUT2D eigenvalue weighted by Gasteiger charge is 2.12. The fourth-order valence-electron chi connectivity index (χ4n) is 1.82. The van der Waals surface area contributed by atoms with Crippen molar-refractivity contribution in [2.45, 2.75) is 6.92 Å². The lowest BCUT2D eigenvalue weighted by molar-refractivity contribution is 0.0697. The molecule has 0 saturated heterocycles. The molecule has 1 aromatic heterocycles. The number of rotatable bonds is 4. The molecular weight excluding hydrogens is 247 g/mol. The molecule has 1 N–H and O–H groups in total. The van der Waals surface area contributed by atoms with E-state index in [2.05, 4.69) is 4.98 Å². The summed E-state index contributed by atoms with van der Waals surface area (Å²) in [6, 6.07) is 9.00. The average molecular weight is 260 g/mol. The standard InChI is InChI=1S/C14H13FN2O2/c1-2-17(12-5-3-4-11(15)9-12)13-8-10(14(18)19)6-7-16-13/h3-9H,2H2,1H3,(H,18,19). The number of carboxylic acids is 1. The molecule has 0 atom stereocenters. The maximum absolute atomic E-state index is 13.2. The number of carboxylic acid groups (broad SMARTS) is 1. The summed E-state index contributed by atoms with van der Waals surface area (Å²) in [5.74, 6) is -0.878. The van der Waals surface area contributed by atoms with Gasteiger partial charge in [0.15, 0.2) is 0 Å². The van der Waals surface area contributed by atoms with Gasteiger partial charge in [0.05, 0.1) is 5.56 Å². The van der Waals surface area contributed by atoms with Crippen molar-refractivity contribution in [2.24, 2.45) is 0 Å². The van der Waals surface area contributed by atoms with Gasteiger partial charge in [0.2, 0.25) is 0 Å². The summed E-state index contributed by atoms with van der Waals surface area (Å²) in [6.07, 6.45) is 1.43. The van der Waals surface area contributed by atoms with Gasteiger partial charge in [0.25, 0.3) is 0 Å². The molecule has 4 nitrogen and oxygen atoms in total. The van der Waals surface area contributed by atoms with Crippen LogP contribution in [0.3, 0.4) is 0 Å². The Labute approximate surface area is 110 Å². The molecule has 19 heavy (non-hydrogen) atoms. The molecule has 0 amide bonds. The summed E-state index contributed by atoms with van der Waals surface area (Å²) in [7, 11) is 0. The molecule has 0 aliphatic carbocycles. The van der Waals surface area contributed by atoms with Gasteiger partial charge in [-0.15, -0.1) is 0 Å². The first-order valence-electron chi connectivity index (χ1n) is 5.84. The van der Waals surface area contributed by atoms with Crippen molar-refractivity contribution in [3.63, 3.8) is 0 Å². The Morgan fingerprint density at radius 2 is 2.16 bits per heavy atom. The third-order valence-electron chi connectivity index (χ3n) is 2.71. The molecule has 0 bridgehead atoms. The minimum absolute atomic E-state index is 0.153. The predicted molar refractivity (Wildman–Crippen MR) is 70.3 cm³/mol. The summed E-state index contributed by atoms with van der Waals surface area (Å²) in [6.45, 7) is 2.44. The molecule has 5 heteroatoms. The van der Waals surface area contributed by atoms with Crippen LogP contribution in [0.4, 0.5) is 15.9 Å². The molecule has 2 aromatic rings. The lowest BCUT2D eigenvalue weighted by Gasteiger charge is -2.22. The van der Waals surface area contributed by atoms with Gasteiger partial charge in [-0.25, -0.2) is 14.2 Å². The lowest BCUT2D eigenvalue weighted by atomic mass is 10.2. The number of anilines is 2. The van der Waals surface area contributed by atoms with Crippen LogP contribution in [0.15, 0.2) is 42.6 Å². The first kappa shape index (κ1) is 13.0. The molecule has 0 unspecified atom stereocenters. The molecule has 1 aromatic carbocycles. The minimum atomic E-state index is -1.01. The first-order valence-corrected chi connectivity index (χ1v) is 5.84. The van der Waals surface area contributed by atoms with Gasteiger partial charge in [0.1, 0.15) is 11.6 Å². The van der Waals surface area contributed by atoms with E-state index in [4.69, 9.17) is 5.11 Å². The van der Waals surface area contributed by atoms with Crippen LogP contribution in [0, 0.1) is 5.82 Å². The molecule has 1 heterocycles. The monoisotopic (exact) mass is 260 g/mol. The predicted octanol–water partition coefficient (Wildman–Crippen LogP) is 3.08. The van der Waals surface area contributed by atoms with E-state index in [-0.39, 0.29) is 11.4 Å². The fraction of sp³-hybridized carbons (Fsp3) is 0.143. The maximum atomic E-state index is 13.2. The Hall–Kier alpha value is -2.43. The number of benzene rings is 1. The fourth-order valence-corrected chi connectivity index (χ4v) is 1.82. The van der Waals surface area contributed by atoms with Crippen LogP contribution in [0.2, 0.25) is 0 Å². The Bertz CT molecular complexity index is 602. The van der Waals surface area contributed by atoms with Gasteiger partial charge in [-0.05, 0) is 37.3 Å². The third kappa shape index (κ3) is 2.88. The van der Waals surface area contributed by atoms with Crippen LogP contribution in [-0.2, 0) is 0 Å². The summed E-state index contributed by atoms with van der Waals surface area (Å²) < 4.78 is 13.2. The second kappa shape index (κ2) is 5.48. The van der Waals surface area contributed by atoms with Gasteiger partial charge in [-0.1, -0.05) is 6.07 Å². The van der Waals surface area contributed by atoms with E-state index in [1.165, 1.54) is 30.5 Å². The van der Waals surface area contributed by atoms with Crippen LogP contribution in [-0.4, -0.2) is 22.6 Å². The van der Waals surface area contributed by atoms with Crippen LogP contribution in [0.25, 0.3) is 0 Å². The molecule has 0 aliphatic rings. The molecule has 0 aliphatic heterocycles. The van der Waals surface area contributed by atoms with E-state index in [0.717, 1.165) is 0 Å². The van der Waals surface area contributed by atoms with Gasteiger partial charge in [0, 0.05) is 18.4 Å². The Balaban J connectivity index is 2.42. The first-order chi connectivity index (χ1) is 9.11. The second-order valence-electron chi connectivity index (χ2n) is 3.93. The van der Waals surface area contributed by atoms with E-state index in [9.17, 15) is 9.18 Å². The number of nitrogens with zero attached hydrogens (tertiary/aromatic N) is 2. The highest BCUT2D eigenvalue weighted by Crippen LogP contribution is 2.24. The van der Waals surface area contributed by atoms with Crippen molar-refractivity contribution >= 4 is 17.5 Å². The van der Waals surface area contributed by atoms with Crippen molar-refractivity contribution in [1.82, 2.24) is 4.98 Å². The van der Waals surface area contributed by atoms with E-state index >= 15 is 0 Å². The zero-order valence-corrected chi connectivity index (χ0v) is 10.4. The molecule has 0 saturated carbocycles. The van der Waals surface area contributed by atoms with E-state index in [1.807, 2.05) is 6.92 Å². The molecule has 2 rings (SSSR count). The van der Waals surface area contributed by atoms with Crippen molar-refractivity contribution in [3.05, 3.63) is 54.0 Å².